The van der Waals surface area contributed by atoms with E-state index < -0.39 is 0 Å². The molecular formula is C18H18N4O. The number of para-hydroxylation sites is 1. The maximum atomic E-state index is 12.5. The Kier molecular flexibility index (Phi) is 2.88. The fraction of sp³-hybridized carbons (Fsp3) is 0.333. The molecule has 0 fully saturated rings. The van der Waals surface area contributed by atoms with Crippen LogP contribution < -0.4 is 0 Å². The average Bonchev–Trinajstić information content (AvgIpc) is 2.82. The monoisotopic (exact) mass is 306 g/mol. The first-order chi connectivity index (χ1) is 11.0. The highest BCUT2D eigenvalue weighted by molar-refractivity contribution is 6.00. The van der Waals surface area contributed by atoms with Crippen LogP contribution in [0.15, 0.2) is 30.6 Å². The van der Waals surface area contributed by atoms with E-state index in [0.29, 0.717) is 6.42 Å². The summed E-state index contributed by atoms with van der Waals surface area (Å²) in [4.78, 5) is 21.3. The third kappa shape index (κ3) is 2.15. The number of rotatable bonds is 1. The van der Waals surface area contributed by atoms with Crippen molar-refractivity contribution in [1.29, 1.82) is 0 Å². The predicted molar refractivity (Wildman–Crippen MR) is 87.8 cm³/mol. The SMILES string of the molecule is Cc1nn(-c2ncnc3ccccc23)c2c1C(=O)CC(C)(C)C2. The van der Waals surface area contributed by atoms with E-state index in [-0.39, 0.29) is 11.2 Å². The lowest BCUT2D eigenvalue weighted by molar-refractivity contribution is 0.0910. The first-order valence-electron chi connectivity index (χ1n) is 7.78. The topological polar surface area (TPSA) is 60.7 Å². The van der Waals surface area contributed by atoms with Crippen LogP contribution in [0, 0.1) is 12.3 Å². The summed E-state index contributed by atoms with van der Waals surface area (Å²) in [5.41, 5.74) is 3.33. The molecule has 2 heterocycles. The molecule has 0 bridgehead atoms. The lowest BCUT2D eigenvalue weighted by Gasteiger charge is -2.29. The molecule has 2 aromatic heterocycles. The maximum Gasteiger partial charge on any atom is 0.167 e. The fourth-order valence-corrected chi connectivity index (χ4v) is 3.47. The molecular weight excluding hydrogens is 288 g/mol. The summed E-state index contributed by atoms with van der Waals surface area (Å²) in [5.74, 6) is 0.920. The number of carbonyl (C=O) groups excluding carboxylic acids is 1. The Balaban J connectivity index is 2.01. The lowest BCUT2D eigenvalue weighted by atomic mass is 9.75. The lowest BCUT2D eigenvalue weighted by Crippen LogP contribution is -2.28. The minimum absolute atomic E-state index is 0.0584. The van der Waals surface area contributed by atoms with E-state index in [9.17, 15) is 4.79 Å². The molecule has 0 saturated heterocycles. The van der Waals surface area contributed by atoms with Gasteiger partial charge < -0.3 is 0 Å². The minimum atomic E-state index is -0.0584. The Morgan fingerprint density at radius 3 is 2.74 bits per heavy atom. The highest BCUT2D eigenvalue weighted by atomic mass is 16.1. The molecule has 116 valence electrons. The normalized spacial score (nSPS) is 16.6. The molecule has 0 spiro atoms. The van der Waals surface area contributed by atoms with E-state index >= 15 is 0 Å². The molecule has 3 aromatic rings. The molecule has 0 atom stereocenters. The number of nitrogens with zero attached hydrogens (tertiary/aromatic N) is 4. The molecule has 0 saturated carbocycles. The number of Topliss-reactive ketones (excluding diaryl/α,β-unsaturated/α-hetero) is 1. The van der Waals surface area contributed by atoms with Crippen molar-refractivity contribution in [2.75, 3.05) is 0 Å². The van der Waals surface area contributed by atoms with Crippen molar-refractivity contribution in [3.63, 3.8) is 0 Å². The van der Waals surface area contributed by atoms with Gasteiger partial charge in [-0.15, -0.1) is 0 Å². The maximum absolute atomic E-state index is 12.5. The molecule has 0 aliphatic heterocycles. The van der Waals surface area contributed by atoms with Gasteiger partial charge in [0.1, 0.15) is 6.33 Å². The van der Waals surface area contributed by atoms with Crippen molar-refractivity contribution in [3.05, 3.63) is 47.5 Å². The second-order valence-electron chi connectivity index (χ2n) is 6.97. The van der Waals surface area contributed by atoms with Crippen LogP contribution >= 0.6 is 0 Å². The highest BCUT2D eigenvalue weighted by Gasteiger charge is 2.36. The number of fused-ring (bicyclic) bond motifs is 2. The molecule has 0 radical (unpaired) electrons. The summed E-state index contributed by atoms with van der Waals surface area (Å²) in [6, 6.07) is 7.87. The molecule has 23 heavy (non-hydrogen) atoms. The number of aryl methyl sites for hydroxylation is 1. The second-order valence-corrected chi connectivity index (χ2v) is 6.97. The van der Waals surface area contributed by atoms with Gasteiger partial charge in [0.15, 0.2) is 11.6 Å². The fourth-order valence-electron chi connectivity index (χ4n) is 3.47. The van der Waals surface area contributed by atoms with Gasteiger partial charge in [-0.25, -0.2) is 14.6 Å². The Morgan fingerprint density at radius 2 is 1.91 bits per heavy atom. The van der Waals surface area contributed by atoms with E-state index in [1.165, 1.54) is 0 Å². The zero-order valence-corrected chi connectivity index (χ0v) is 13.5. The average molecular weight is 306 g/mol. The van der Waals surface area contributed by atoms with E-state index in [1.807, 2.05) is 35.9 Å². The molecule has 1 aliphatic carbocycles. The van der Waals surface area contributed by atoms with Crippen LogP contribution in [0.4, 0.5) is 0 Å². The summed E-state index contributed by atoms with van der Waals surface area (Å²) >= 11 is 0. The largest absolute Gasteiger partial charge is 0.294 e. The van der Waals surface area contributed by atoms with Crippen molar-refractivity contribution in [2.45, 2.75) is 33.6 Å². The van der Waals surface area contributed by atoms with E-state index in [4.69, 9.17) is 0 Å². The van der Waals surface area contributed by atoms with E-state index in [0.717, 1.165) is 40.1 Å². The first kappa shape index (κ1) is 14.1. The number of aromatic nitrogens is 4. The van der Waals surface area contributed by atoms with Crippen molar-refractivity contribution < 1.29 is 4.79 Å². The summed E-state index contributed by atoms with van der Waals surface area (Å²) in [6.07, 6.45) is 2.93. The first-order valence-corrected chi connectivity index (χ1v) is 7.78. The smallest absolute Gasteiger partial charge is 0.167 e. The van der Waals surface area contributed by atoms with Gasteiger partial charge in [0, 0.05) is 11.8 Å². The number of hydrogen-bond donors (Lipinski definition) is 0. The quantitative estimate of drug-likeness (QED) is 0.692. The van der Waals surface area contributed by atoms with Crippen LogP contribution in [-0.2, 0) is 6.42 Å². The van der Waals surface area contributed by atoms with E-state index in [1.54, 1.807) is 6.33 Å². The van der Waals surface area contributed by atoms with Crippen molar-refractivity contribution >= 4 is 16.7 Å². The van der Waals surface area contributed by atoms with Gasteiger partial charge in [0.05, 0.1) is 22.5 Å². The molecule has 5 heteroatoms. The standard InChI is InChI=1S/C18H18N4O/c1-11-16-14(8-18(2,3)9-15(16)23)22(21-11)17-12-6-4-5-7-13(12)19-10-20-17/h4-7,10H,8-9H2,1-3H3. The number of carbonyl (C=O) groups is 1. The second kappa shape index (κ2) is 4.72. The van der Waals surface area contributed by atoms with Crippen LogP contribution in [0.5, 0.6) is 0 Å². The molecule has 1 aliphatic rings. The summed E-state index contributed by atoms with van der Waals surface area (Å²) in [5, 5.41) is 5.58. The van der Waals surface area contributed by atoms with Gasteiger partial charge in [0.25, 0.3) is 0 Å². The van der Waals surface area contributed by atoms with Gasteiger partial charge in [-0.1, -0.05) is 26.0 Å². The van der Waals surface area contributed by atoms with Crippen LogP contribution in [0.3, 0.4) is 0 Å². The minimum Gasteiger partial charge on any atom is -0.294 e. The Bertz CT molecular complexity index is 934. The summed E-state index contributed by atoms with van der Waals surface area (Å²) in [7, 11) is 0. The van der Waals surface area contributed by atoms with E-state index in [2.05, 4.69) is 28.9 Å². The molecule has 5 nitrogen and oxygen atoms in total. The molecule has 0 amide bonds. The highest BCUT2D eigenvalue weighted by Crippen LogP contribution is 2.37. The third-order valence-electron chi connectivity index (χ3n) is 4.44. The van der Waals surface area contributed by atoms with Gasteiger partial charge in [-0.3, -0.25) is 4.79 Å². The predicted octanol–water partition coefficient (Wildman–Crippen LogP) is 3.28. The van der Waals surface area contributed by atoms with Gasteiger partial charge in [0.2, 0.25) is 0 Å². The third-order valence-corrected chi connectivity index (χ3v) is 4.44. The zero-order chi connectivity index (χ0) is 16.2. The van der Waals surface area contributed by atoms with Gasteiger partial charge in [-0.05, 0) is 30.9 Å². The van der Waals surface area contributed by atoms with Crippen LogP contribution in [0.1, 0.15) is 42.0 Å². The Labute approximate surface area is 134 Å². The molecule has 0 unspecified atom stereocenters. The molecule has 4 rings (SSSR count). The van der Waals surface area contributed by atoms with Crippen molar-refractivity contribution in [3.8, 4) is 5.82 Å². The number of ketones is 1. The zero-order valence-electron chi connectivity index (χ0n) is 13.5. The molecule has 0 N–H and O–H groups in total. The Morgan fingerprint density at radius 1 is 1.13 bits per heavy atom. The molecule has 1 aromatic carbocycles. The van der Waals surface area contributed by atoms with Gasteiger partial charge in [-0.2, -0.15) is 5.10 Å². The van der Waals surface area contributed by atoms with Crippen LogP contribution in [0.2, 0.25) is 0 Å². The van der Waals surface area contributed by atoms with Crippen molar-refractivity contribution in [1.82, 2.24) is 19.7 Å². The summed E-state index contributed by atoms with van der Waals surface area (Å²) in [6.45, 7) is 6.14. The van der Waals surface area contributed by atoms with Gasteiger partial charge >= 0.3 is 0 Å². The Hall–Kier alpha value is -2.56. The van der Waals surface area contributed by atoms with Crippen LogP contribution in [-0.4, -0.2) is 25.5 Å². The number of benzene rings is 1. The number of hydrogen-bond acceptors (Lipinski definition) is 4. The van der Waals surface area contributed by atoms with Crippen LogP contribution in [0.25, 0.3) is 16.7 Å². The summed E-state index contributed by atoms with van der Waals surface area (Å²) < 4.78 is 1.84. The van der Waals surface area contributed by atoms with Crippen molar-refractivity contribution in [2.24, 2.45) is 5.41 Å².